The molecule has 0 spiro atoms. The molecule has 20 heavy (non-hydrogen) atoms. The Labute approximate surface area is 125 Å². The van der Waals surface area contributed by atoms with Gasteiger partial charge in [-0.15, -0.1) is 11.8 Å². The minimum absolute atomic E-state index is 0.0235. The van der Waals surface area contributed by atoms with Crippen molar-refractivity contribution in [3.05, 3.63) is 24.3 Å². The number of aliphatic hydroxyl groups excluding tert-OH is 1. The zero-order valence-corrected chi connectivity index (χ0v) is 13.2. The summed E-state index contributed by atoms with van der Waals surface area (Å²) in [4.78, 5) is 15.1. The molecule has 5 heteroatoms. The average molecular weight is 296 g/mol. The number of rotatable bonds is 8. The van der Waals surface area contributed by atoms with Gasteiger partial charge < -0.3 is 15.3 Å². The fraction of sp³-hybridized carbons (Fsp3) is 0.533. The van der Waals surface area contributed by atoms with Gasteiger partial charge in [0.2, 0.25) is 5.91 Å². The van der Waals surface area contributed by atoms with Crippen LogP contribution in [0.2, 0.25) is 0 Å². The second-order valence-corrected chi connectivity index (χ2v) is 5.79. The first kappa shape index (κ1) is 17.0. The maximum absolute atomic E-state index is 11.9. The third-order valence-electron chi connectivity index (χ3n) is 3.03. The summed E-state index contributed by atoms with van der Waals surface area (Å²) in [7, 11) is 1.96. The predicted molar refractivity (Wildman–Crippen MR) is 85.3 cm³/mol. The van der Waals surface area contributed by atoms with Crippen molar-refractivity contribution in [3.63, 3.8) is 0 Å². The number of hydrogen-bond donors (Lipinski definition) is 2. The van der Waals surface area contributed by atoms with Crippen molar-refractivity contribution in [1.29, 1.82) is 0 Å². The number of hydrogen-bond acceptors (Lipinski definition) is 4. The van der Waals surface area contributed by atoms with E-state index >= 15 is 0 Å². The van der Waals surface area contributed by atoms with Crippen LogP contribution in [0.25, 0.3) is 0 Å². The second-order valence-electron chi connectivity index (χ2n) is 4.94. The van der Waals surface area contributed by atoms with Gasteiger partial charge in [-0.1, -0.05) is 12.1 Å². The first-order valence-electron chi connectivity index (χ1n) is 6.82. The first-order chi connectivity index (χ1) is 9.52. The maximum Gasteiger partial charge on any atom is 0.225 e. The van der Waals surface area contributed by atoms with Crippen LogP contribution in [0.4, 0.5) is 5.69 Å². The van der Waals surface area contributed by atoms with E-state index in [0.29, 0.717) is 13.0 Å². The van der Waals surface area contributed by atoms with E-state index in [4.69, 9.17) is 0 Å². The van der Waals surface area contributed by atoms with Crippen molar-refractivity contribution in [2.45, 2.75) is 30.8 Å². The molecule has 4 nitrogen and oxygen atoms in total. The standard InChI is InChI=1S/C15H24N2O2S/c1-12(18)8-10-17(2)11-9-15(19)16-13-6-4-5-7-14(13)20-3/h4-7,12,18H,8-11H2,1-3H3,(H,16,19). The third kappa shape index (κ3) is 6.41. The number of para-hydroxylation sites is 1. The summed E-state index contributed by atoms with van der Waals surface area (Å²) >= 11 is 1.62. The summed E-state index contributed by atoms with van der Waals surface area (Å²) in [5, 5.41) is 12.2. The lowest BCUT2D eigenvalue weighted by Crippen LogP contribution is -2.27. The summed E-state index contributed by atoms with van der Waals surface area (Å²) in [6.07, 6.45) is 2.89. The fourth-order valence-electron chi connectivity index (χ4n) is 1.77. The molecule has 1 aromatic carbocycles. The summed E-state index contributed by atoms with van der Waals surface area (Å²) in [6.45, 7) is 3.27. The zero-order valence-electron chi connectivity index (χ0n) is 12.4. The number of aliphatic hydroxyl groups is 1. The van der Waals surface area contributed by atoms with Gasteiger partial charge in [-0.05, 0) is 38.8 Å². The highest BCUT2D eigenvalue weighted by molar-refractivity contribution is 7.98. The number of carbonyl (C=O) groups excluding carboxylic acids is 1. The Morgan fingerprint density at radius 1 is 1.40 bits per heavy atom. The molecule has 1 atom stereocenters. The molecule has 1 unspecified atom stereocenters. The van der Waals surface area contributed by atoms with Crippen molar-refractivity contribution in [3.8, 4) is 0 Å². The summed E-state index contributed by atoms with van der Waals surface area (Å²) in [5.74, 6) is 0.0235. The SMILES string of the molecule is CSc1ccccc1NC(=O)CCN(C)CCC(C)O. The van der Waals surface area contributed by atoms with E-state index in [0.717, 1.165) is 23.5 Å². The highest BCUT2D eigenvalue weighted by Gasteiger charge is 2.08. The molecule has 0 aliphatic rings. The van der Waals surface area contributed by atoms with Crippen molar-refractivity contribution in [2.24, 2.45) is 0 Å². The van der Waals surface area contributed by atoms with Crippen LogP contribution in [-0.4, -0.2) is 48.4 Å². The Morgan fingerprint density at radius 3 is 2.75 bits per heavy atom. The molecule has 1 amide bonds. The van der Waals surface area contributed by atoms with E-state index in [1.54, 1.807) is 18.7 Å². The smallest absolute Gasteiger partial charge is 0.225 e. The molecule has 0 saturated carbocycles. The molecular weight excluding hydrogens is 272 g/mol. The molecule has 112 valence electrons. The van der Waals surface area contributed by atoms with Crippen LogP contribution < -0.4 is 5.32 Å². The van der Waals surface area contributed by atoms with Crippen molar-refractivity contribution in [1.82, 2.24) is 4.90 Å². The minimum Gasteiger partial charge on any atom is -0.393 e. The summed E-state index contributed by atoms with van der Waals surface area (Å²) in [6, 6.07) is 7.80. The number of nitrogens with one attached hydrogen (secondary N) is 1. The van der Waals surface area contributed by atoms with Gasteiger partial charge in [0.15, 0.2) is 0 Å². The average Bonchev–Trinajstić information content (AvgIpc) is 2.43. The Bertz CT molecular complexity index is 424. The number of anilines is 1. The van der Waals surface area contributed by atoms with Crippen LogP contribution >= 0.6 is 11.8 Å². The van der Waals surface area contributed by atoms with Gasteiger partial charge in [-0.2, -0.15) is 0 Å². The van der Waals surface area contributed by atoms with E-state index in [1.807, 2.05) is 37.6 Å². The van der Waals surface area contributed by atoms with Crippen LogP contribution in [0.15, 0.2) is 29.2 Å². The lowest BCUT2D eigenvalue weighted by atomic mass is 10.2. The maximum atomic E-state index is 11.9. The fourth-order valence-corrected chi connectivity index (χ4v) is 2.33. The van der Waals surface area contributed by atoms with Gasteiger partial charge in [0.1, 0.15) is 0 Å². The molecule has 0 aromatic heterocycles. The lowest BCUT2D eigenvalue weighted by Gasteiger charge is -2.17. The number of benzene rings is 1. The lowest BCUT2D eigenvalue weighted by molar-refractivity contribution is -0.116. The monoisotopic (exact) mass is 296 g/mol. The topological polar surface area (TPSA) is 52.6 Å². The number of amides is 1. The van der Waals surface area contributed by atoms with Crippen LogP contribution in [-0.2, 0) is 4.79 Å². The molecule has 0 bridgehead atoms. The molecule has 0 saturated heterocycles. The van der Waals surface area contributed by atoms with E-state index in [-0.39, 0.29) is 12.0 Å². The van der Waals surface area contributed by atoms with Gasteiger partial charge in [-0.3, -0.25) is 4.79 Å². The molecule has 0 radical (unpaired) electrons. The third-order valence-corrected chi connectivity index (χ3v) is 3.83. The van der Waals surface area contributed by atoms with Crippen molar-refractivity contribution >= 4 is 23.4 Å². The van der Waals surface area contributed by atoms with Gasteiger partial charge >= 0.3 is 0 Å². The van der Waals surface area contributed by atoms with Crippen LogP contribution in [0.5, 0.6) is 0 Å². The summed E-state index contributed by atoms with van der Waals surface area (Å²) < 4.78 is 0. The van der Waals surface area contributed by atoms with Crippen molar-refractivity contribution in [2.75, 3.05) is 31.7 Å². The van der Waals surface area contributed by atoms with Crippen molar-refractivity contribution < 1.29 is 9.90 Å². The first-order valence-corrected chi connectivity index (χ1v) is 8.05. The molecular formula is C15H24N2O2S. The predicted octanol–water partition coefficient (Wildman–Crippen LogP) is 2.44. The Kier molecular flexibility index (Phi) is 7.65. The molecule has 2 N–H and O–H groups in total. The zero-order chi connectivity index (χ0) is 15.0. The minimum atomic E-state index is -0.292. The Balaban J connectivity index is 2.36. The van der Waals surface area contributed by atoms with Gasteiger partial charge in [0.25, 0.3) is 0 Å². The van der Waals surface area contributed by atoms with E-state index in [2.05, 4.69) is 10.2 Å². The second kappa shape index (κ2) is 9.00. The highest BCUT2D eigenvalue weighted by atomic mass is 32.2. The van der Waals surface area contributed by atoms with Crippen LogP contribution in [0.3, 0.4) is 0 Å². The van der Waals surface area contributed by atoms with E-state index < -0.39 is 0 Å². The van der Waals surface area contributed by atoms with Gasteiger partial charge in [0, 0.05) is 24.4 Å². The van der Waals surface area contributed by atoms with Gasteiger partial charge in [-0.25, -0.2) is 0 Å². The normalized spacial score (nSPS) is 12.4. The number of nitrogens with zero attached hydrogens (tertiary/aromatic N) is 1. The largest absolute Gasteiger partial charge is 0.393 e. The molecule has 0 aliphatic heterocycles. The number of carbonyl (C=O) groups is 1. The number of thioether (sulfide) groups is 1. The van der Waals surface area contributed by atoms with Crippen LogP contribution in [0.1, 0.15) is 19.8 Å². The molecule has 0 aliphatic carbocycles. The quantitative estimate of drug-likeness (QED) is 0.724. The van der Waals surface area contributed by atoms with E-state index in [9.17, 15) is 9.90 Å². The molecule has 1 rings (SSSR count). The Morgan fingerprint density at radius 2 is 2.10 bits per heavy atom. The van der Waals surface area contributed by atoms with Gasteiger partial charge in [0.05, 0.1) is 11.8 Å². The summed E-state index contributed by atoms with van der Waals surface area (Å²) in [5.41, 5.74) is 0.872. The highest BCUT2D eigenvalue weighted by Crippen LogP contribution is 2.24. The molecule has 0 heterocycles. The molecule has 1 aromatic rings. The van der Waals surface area contributed by atoms with E-state index in [1.165, 1.54) is 0 Å². The molecule has 0 fully saturated rings. The van der Waals surface area contributed by atoms with Crippen LogP contribution in [0, 0.1) is 0 Å². The Hall–Kier alpha value is -1.04.